The number of hydrogen-bond acceptors (Lipinski definition) is 2. The van der Waals surface area contributed by atoms with Crippen LogP contribution in [0.25, 0.3) is 0 Å². The normalized spacial score (nSPS) is 27.0. The van der Waals surface area contributed by atoms with Crippen LogP contribution in [-0.4, -0.2) is 19.7 Å². The van der Waals surface area contributed by atoms with Crippen molar-refractivity contribution in [1.82, 2.24) is 5.32 Å². The Bertz CT molecular complexity index is 64.1. The van der Waals surface area contributed by atoms with Crippen LogP contribution in [0.15, 0.2) is 0 Å². The van der Waals surface area contributed by atoms with Crippen LogP contribution >= 0.6 is 0 Å². The van der Waals surface area contributed by atoms with Gasteiger partial charge in [-0.2, -0.15) is 0 Å². The van der Waals surface area contributed by atoms with Gasteiger partial charge in [-0.05, 0) is 31.8 Å². The Morgan fingerprint density at radius 3 is 2.67 bits per heavy atom. The maximum atomic E-state index is 10.2. The van der Waals surface area contributed by atoms with E-state index in [1.54, 1.807) is 0 Å². The molecule has 0 radical (unpaired) electrons. The van der Waals surface area contributed by atoms with E-state index in [9.17, 15) is 5.11 Å². The Morgan fingerprint density at radius 2 is 2.33 bits per heavy atom. The van der Waals surface area contributed by atoms with Gasteiger partial charge in [0.25, 0.3) is 0 Å². The molecule has 0 spiro atoms. The first kappa shape index (κ1) is 9.92. The van der Waals surface area contributed by atoms with E-state index in [1.807, 2.05) is 0 Å². The van der Waals surface area contributed by atoms with Gasteiger partial charge in [-0.15, -0.1) is 6.61 Å². The smallest absolute Gasteiger partial charge is 0.854 e. The molecule has 0 amide bonds. The molecule has 1 unspecified atom stereocenters. The first-order valence-corrected chi connectivity index (χ1v) is 3.22. The third-order valence-corrected chi connectivity index (χ3v) is 1.63. The Kier molecular flexibility index (Phi) is 6.27. The number of hydrogen-bond donors (Lipinski definition) is 1. The minimum Gasteiger partial charge on any atom is -0.854 e. The van der Waals surface area contributed by atoms with Crippen LogP contribution in [0.5, 0.6) is 0 Å². The van der Waals surface area contributed by atoms with Gasteiger partial charge in [0.05, 0.1) is 0 Å². The van der Waals surface area contributed by atoms with Gasteiger partial charge in [0, 0.05) is 0 Å². The van der Waals surface area contributed by atoms with E-state index < -0.39 is 0 Å². The van der Waals surface area contributed by atoms with Crippen molar-refractivity contribution in [3.05, 3.63) is 0 Å². The molecule has 1 atom stereocenters. The Balaban J connectivity index is 0.000000640. The first-order valence-electron chi connectivity index (χ1n) is 3.22. The largest absolute Gasteiger partial charge is 1.00 e. The molecule has 0 aromatic rings. The number of piperidine rings is 1. The molecule has 0 aromatic heterocycles. The summed E-state index contributed by atoms with van der Waals surface area (Å²) in [5.41, 5.74) is 0. The number of rotatable bonds is 1. The first-order chi connectivity index (χ1) is 3.93. The Morgan fingerprint density at radius 1 is 1.56 bits per heavy atom. The van der Waals surface area contributed by atoms with Gasteiger partial charge >= 0.3 is 29.6 Å². The monoisotopic (exact) mass is 137 g/mol. The molecular formula is C6H12NNaO. The summed E-state index contributed by atoms with van der Waals surface area (Å²) in [7, 11) is 0. The van der Waals surface area contributed by atoms with Crippen LogP contribution in [0.4, 0.5) is 0 Å². The summed E-state index contributed by atoms with van der Waals surface area (Å²) in [4.78, 5) is 0. The van der Waals surface area contributed by atoms with Crippen LogP contribution in [0.2, 0.25) is 0 Å². The molecule has 1 rings (SSSR count). The fourth-order valence-corrected chi connectivity index (χ4v) is 1.07. The molecule has 48 valence electrons. The molecule has 1 aliphatic heterocycles. The van der Waals surface area contributed by atoms with Crippen molar-refractivity contribution in [2.24, 2.45) is 5.92 Å². The Labute approximate surface area is 78.3 Å². The summed E-state index contributed by atoms with van der Waals surface area (Å²) >= 11 is 0. The average molecular weight is 137 g/mol. The predicted octanol–water partition coefficient (Wildman–Crippen LogP) is -3.65. The van der Waals surface area contributed by atoms with Gasteiger partial charge in [0.2, 0.25) is 0 Å². The van der Waals surface area contributed by atoms with Crippen LogP contribution in [0.1, 0.15) is 12.8 Å². The summed E-state index contributed by atoms with van der Waals surface area (Å²) in [6.45, 7) is 2.16. The standard InChI is InChI=1S/C6H12NO.Na/c8-5-6-2-1-3-7-4-6;/h6-7H,1-5H2;/q-1;+1. The molecule has 1 N–H and O–H groups in total. The second kappa shape index (κ2) is 5.69. The third-order valence-electron chi connectivity index (χ3n) is 1.63. The molecule has 3 heteroatoms. The van der Waals surface area contributed by atoms with E-state index in [2.05, 4.69) is 5.32 Å². The van der Waals surface area contributed by atoms with Gasteiger partial charge < -0.3 is 10.4 Å². The molecule has 1 heterocycles. The maximum Gasteiger partial charge on any atom is 1.00 e. The van der Waals surface area contributed by atoms with Crippen molar-refractivity contribution in [1.29, 1.82) is 0 Å². The van der Waals surface area contributed by atoms with Crippen molar-refractivity contribution in [3.8, 4) is 0 Å². The van der Waals surface area contributed by atoms with Crippen molar-refractivity contribution < 1.29 is 34.7 Å². The Hall–Kier alpha value is 0.920. The second-order valence-electron chi connectivity index (χ2n) is 2.38. The van der Waals surface area contributed by atoms with Gasteiger partial charge in [-0.25, -0.2) is 0 Å². The number of nitrogens with one attached hydrogen (secondary N) is 1. The third kappa shape index (κ3) is 3.58. The van der Waals surface area contributed by atoms with Crippen molar-refractivity contribution >= 4 is 0 Å². The SMILES string of the molecule is [Na+].[O-]CC1CCCNC1. The van der Waals surface area contributed by atoms with Crippen LogP contribution in [0, 0.1) is 5.92 Å². The molecule has 1 aliphatic rings. The molecule has 0 aromatic carbocycles. The summed E-state index contributed by atoms with van der Waals surface area (Å²) in [5, 5.41) is 13.4. The fraction of sp³-hybridized carbons (Fsp3) is 1.00. The summed E-state index contributed by atoms with van der Waals surface area (Å²) < 4.78 is 0. The molecule has 0 bridgehead atoms. The molecule has 1 saturated heterocycles. The van der Waals surface area contributed by atoms with Gasteiger partial charge in [0.1, 0.15) is 0 Å². The van der Waals surface area contributed by atoms with Crippen LogP contribution in [0.3, 0.4) is 0 Å². The van der Waals surface area contributed by atoms with Crippen molar-refractivity contribution in [2.75, 3.05) is 19.7 Å². The van der Waals surface area contributed by atoms with Gasteiger partial charge in [0.15, 0.2) is 0 Å². The maximum absolute atomic E-state index is 10.2. The molecule has 9 heavy (non-hydrogen) atoms. The summed E-state index contributed by atoms with van der Waals surface area (Å²) in [6, 6.07) is 0. The minimum atomic E-state index is 0. The average Bonchev–Trinajstić information content (AvgIpc) is 1.90. The zero-order valence-electron chi connectivity index (χ0n) is 6.02. The van der Waals surface area contributed by atoms with E-state index in [0.29, 0.717) is 5.92 Å². The second-order valence-corrected chi connectivity index (χ2v) is 2.38. The van der Waals surface area contributed by atoms with Gasteiger partial charge in [-0.3, -0.25) is 0 Å². The fourth-order valence-electron chi connectivity index (χ4n) is 1.07. The molecule has 0 aliphatic carbocycles. The topological polar surface area (TPSA) is 35.1 Å². The molecule has 0 saturated carbocycles. The molecular weight excluding hydrogens is 125 g/mol. The zero-order chi connectivity index (χ0) is 5.82. The van der Waals surface area contributed by atoms with E-state index >= 15 is 0 Å². The summed E-state index contributed by atoms with van der Waals surface area (Å²) in [5.74, 6) is 0.420. The molecule has 1 fully saturated rings. The van der Waals surface area contributed by atoms with E-state index in [4.69, 9.17) is 0 Å². The van der Waals surface area contributed by atoms with Crippen LogP contribution in [-0.2, 0) is 0 Å². The van der Waals surface area contributed by atoms with Crippen molar-refractivity contribution in [2.45, 2.75) is 12.8 Å². The molecule has 2 nitrogen and oxygen atoms in total. The van der Waals surface area contributed by atoms with E-state index in [-0.39, 0.29) is 36.2 Å². The van der Waals surface area contributed by atoms with Gasteiger partial charge in [-0.1, -0.05) is 0 Å². The minimum absolute atomic E-state index is 0. The zero-order valence-corrected chi connectivity index (χ0v) is 8.02. The van der Waals surface area contributed by atoms with E-state index in [1.165, 1.54) is 6.42 Å². The quantitative estimate of drug-likeness (QED) is 0.378. The van der Waals surface area contributed by atoms with E-state index in [0.717, 1.165) is 19.5 Å². The van der Waals surface area contributed by atoms with Crippen molar-refractivity contribution in [3.63, 3.8) is 0 Å². The predicted molar refractivity (Wildman–Crippen MR) is 30.5 cm³/mol. The summed E-state index contributed by atoms with van der Waals surface area (Å²) in [6.07, 6.45) is 2.32. The van der Waals surface area contributed by atoms with Crippen LogP contribution < -0.4 is 40.0 Å².